The number of nitrogens with zero attached hydrogens (tertiary/aromatic N) is 1. The zero-order valence-corrected chi connectivity index (χ0v) is 12.2. The van der Waals surface area contributed by atoms with Crippen LogP contribution in [0.5, 0.6) is 5.75 Å². The topological polar surface area (TPSA) is 88.2 Å². The number of anilines is 1. The van der Waals surface area contributed by atoms with Gasteiger partial charge in [-0.1, -0.05) is 12.1 Å². The summed E-state index contributed by atoms with van der Waals surface area (Å²) in [6.45, 7) is 0. The zero-order chi connectivity index (χ0) is 14.5. The maximum absolute atomic E-state index is 12.0. The summed E-state index contributed by atoms with van der Waals surface area (Å²) in [6.07, 6.45) is 2.01. The van der Waals surface area contributed by atoms with Crippen LogP contribution in [0.15, 0.2) is 47.2 Å². The molecule has 1 heterocycles. The van der Waals surface area contributed by atoms with E-state index in [9.17, 15) is 9.90 Å². The Hall–Kier alpha value is -1.92. The van der Waals surface area contributed by atoms with Crippen LogP contribution in [0.3, 0.4) is 0 Å². The van der Waals surface area contributed by atoms with Crippen LogP contribution in [0.1, 0.15) is 5.56 Å². The van der Waals surface area contributed by atoms with Crippen molar-refractivity contribution in [2.75, 3.05) is 5.32 Å². The molecule has 2 aromatic rings. The first-order valence-corrected chi connectivity index (χ1v) is 6.80. The molecule has 0 spiro atoms. The second-order valence-corrected chi connectivity index (χ2v) is 5.06. The molecule has 5 nitrogen and oxygen atoms in total. The third-order valence-electron chi connectivity index (χ3n) is 2.75. The van der Waals surface area contributed by atoms with Crippen LogP contribution in [0.4, 0.5) is 5.69 Å². The fourth-order valence-electron chi connectivity index (χ4n) is 1.68. The third-order valence-corrected chi connectivity index (χ3v) is 3.38. The number of nitrogens with one attached hydrogen (secondary N) is 1. The van der Waals surface area contributed by atoms with E-state index in [2.05, 4.69) is 26.2 Å². The third kappa shape index (κ3) is 3.79. The van der Waals surface area contributed by atoms with Gasteiger partial charge in [0.25, 0.3) is 0 Å². The highest BCUT2D eigenvalue weighted by molar-refractivity contribution is 9.10. The first-order valence-electron chi connectivity index (χ1n) is 6.01. The predicted octanol–water partition coefficient (Wildman–Crippen LogP) is 2.06. The number of phenolic OH excluding ortho intramolecular Hbond substituents is 1. The summed E-state index contributed by atoms with van der Waals surface area (Å²) in [7, 11) is 0. The summed E-state index contributed by atoms with van der Waals surface area (Å²) in [6, 6.07) is 9.40. The number of aromatic nitrogens is 1. The second-order valence-electron chi connectivity index (χ2n) is 4.31. The van der Waals surface area contributed by atoms with Gasteiger partial charge < -0.3 is 16.2 Å². The van der Waals surface area contributed by atoms with Gasteiger partial charge in [0.1, 0.15) is 10.4 Å². The predicted molar refractivity (Wildman–Crippen MR) is 80.4 cm³/mol. The van der Waals surface area contributed by atoms with Crippen LogP contribution in [0, 0.1) is 0 Å². The number of benzene rings is 1. The number of amides is 1. The fraction of sp³-hybridized carbons (Fsp3) is 0.143. The van der Waals surface area contributed by atoms with Gasteiger partial charge in [-0.15, -0.1) is 0 Å². The Bertz CT molecular complexity index is 602. The Labute approximate surface area is 125 Å². The highest BCUT2D eigenvalue weighted by atomic mass is 79.9. The van der Waals surface area contributed by atoms with Crippen molar-refractivity contribution in [3.63, 3.8) is 0 Å². The summed E-state index contributed by atoms with van der Waals surface area (Å²) in [5.41, 5.74) is 7.34. The number of halogens is 1. The van der Waals surface area contributed by atoms with Gasteiger partial charge in [-0.05, 0) is 52.2 Å². The molecule has 1 aromatic carbocycles. The van der Waals surface area contributed by atoms with Crippen LogP contribution in [0.25, 0.3) is 0 Å². The molecule has 1 aromatic heterocycles. The van der Waals surface area contributed by atoms with Gasteiger partial charge in [0.05, 0.1) is 11.7 Å². The summed E-state index contributed by atoms with van der Waals surface area (Å²) < 4.78 is 0.560. The van der Waals surface area contributed by atoms with Crippen molar-refractivity contribution < 1.29 is 9.90 Å². The van der Waals surface area contributed by atoms with E-state index >= 15 is 0 Å². The standard InChI is InChI=1S/C14H14BrN3O2/c15-13-12(2-1-7-17-13)18-14(20)11(16)8-9-3-5-10(19)6-4-9/h1-7,11,19H,8,16H2,(H,18,20). The number of carbonyl (C=O) groups is 1. The number of carbonyl (C=O) groups excluding carboxylic acids is 1. The van der Waals surface area contributed by atoms with Gasteiger partial charge in [0.15, 0.2) is 0 Å². The van der Waals surface area contributed by atoms with Crippen molar-refractivity contribution in [1.29, 1.82) is 0 Å². The van der Waals surface area contributed by atoms with Gasteiger partial charge in [0.2, 0.25) is 5.91 Å². The number of rotatable bonds is 4. The molecule has 4 N–H and O–H groups in total. The molecule has 0 aliphatic rings. The molecule has 1 atom stereocenters. The highest BCUT2D eigenvalue weighted by Gasteiger charge is 2.15. The Morgan fingerprint density at radius 3 is 2.70 bits per heavy atom. The van der Waals surface area contributed by atoms with Crippen molar-refractivity contribution in [2.24, 2.45) is 5.73 Å². The fourth-order valence-corrected chi connectivity index (χ4v) is 2.03. The van der Waals surface area contributed by atoms with Gasteiger partial charge >= 0.3 is 0 Å². The lowest BCUT2D eigenvalue weighted by atomic mass is 10.1. The maximum atomic E-state index is 12.0. The normalized spacial score (nSPS) is 11.9. The van der Waals surface area contributed by atoms with E-state index in [0.717, 1.165) is 5.56 Å². The summed E-state index contributed by atoms with van der Waals surface area (Å²) in [4.78, 5) is 16.0. The Balaban J connectivity index is 1.99. The number of aromatic hydroxyl groups is 1. The number of hydrogen-bond acceptors (Lipinski definition) is 4. The Morgan fingerprint density at radius 2 is 2.05 bits per heavy atom. The van der Waals surface area contributed by atoms with Gasteiger partial charge in [-0.2, -0.15) is 0 Å². The van der Waals surface area contributed by atoms with Crippen LogP contribution in [-0.4, -0.2) is 22.0 Å². The lowest BCUT2D eigenvalue weighted by molar-refractivity contribution is -0.117. The SMILES string of the molecule is NC(Cc1ccc(O)cc1)C(=O)Nc1cccnc1Br. The van der Waals surface area contributed by atoms with E-state index in [1.165, 1.54) is 0 Å². The van der Waals surface area contributed by atoms with Crippen molar-refractivity contribution in [3.05, 3.63) is 52.8 Å². The summed E-state index contributed by atoms with van der Waals surface area (Å²) in [5, 5.41) is 11.9. The molecule has 2 rings (SSSR count). The minimum atomic E-state index is -0.674. The second kappa shape index (κ2) is 6.49. The molecule has 0 saturated heterocycles. The average molecular weight is 336 g/mol. The van der Waals surface area contributed by atoms with Crippen molar-refractivity contribution in [1.82, 2.24) is 4.98 Å². The summed E-state index contributed by atoms with van der Waals surface area (Å²) >= 11 is 3.25. The molecule has 0 aliphatic carbocycles. The maximum Gasteiger partial charge on any atom is 0.241 e. The Kier molecular flexibility index (Phi) is 4.70. The van der Waals surface area contributed by atoms with Crippen LogP contribution >= 0.6 is 15.9 Å². The first-order chi connectivity index (χ1) is 9.56. The first kappa shape index (κ1) is 14.5. The number of hydrogen-bond donors (Lipinski definition) is 3. The van der Waals surface area contributed by atoms with E-state index < -0.39 is 6.04 Å². The minimum absolute atomic E-state index is 0.186. The molecule has 104 valence electrons. The molecule has 0 aliphatic heterocycles. The largest absolute Gasteiger partial charge is 0.508 e. The lowest BCUT2D eigenvalue weighted by Gasteiger charge is -2.13. The monoisotopic (exact) mass is 335 g/mol. The average Bonchev–Trinajstić information content (AvgIpc) is 2.44. The van der Waals surface area contributed by atoms with Gasteiger partial charge in [-0.25, -0.2) is 4.98 Å². The molecular weight excluding hydrogens is 322 g/mol. The van der Waals surface area contributed by atoms with Crippen LogP contribution in [-0.2, 0) is 11.2 Å². The molecular formula is C14H14BrN3O2. The van der Waals surface area contributed by atoms with Gasteiger partial charge in [-0.3, -0.25) is 4.79 Å². The van der Waals surface area contributed by atoms with E-state index in [-0.39, 0.29) is 11.7 Å². The molecule has 0 saturated carbocycles. The quantitative estimate of drug-likeness (QED) is 0.746. The van der Waals surface area contributed by atoms with E-state index in [1.807, 2.05) is 0 Å². The molecule has 0 radical (unpaired) electrons. The molecule has 20 heavy (non-hydrogen) atoms. The number of nitrogens with two attached hydrogens (primary N) is 1. The summed E-state index contributed by atoms with van der Waals surface area (Å²) in [5.74, 6) is -0.0992. The van der Waals surface area contributed by atoms with Crippen LogP contribution in [0.2, 0.25) is 0 Å². The minimum Gasteiger partial charge on any atom is -0.508 e. The van der Waals surface area contributed by atoms with E-state index in [0.29, 0.717) is 16.7 Å². The molecule has 1 unspecified atom stereocenters. The zero-order valence-electron chi connectivity index (χ0n) is 10.6. The van der Waals surface area contributed by atoms with Gasteiger partial charge in [0, 0.05) is 6.20 Å². The van der Waals surface area contributed by atoms with E-state index in [1.54, 1.807) is 42.6 Å². The van der Waals surface area contributed by atoms with Crippen molar-refractivity contribution in [2.45, 2.75) is 12.5 Å². The Morgan fingerprint density at radius 1 is 1.35 bits per heavy atom. The lowest BCUT2D eigenvalue weighted by Crippen LogP contribution is -2.37. The van der Waals surface area contributed by atoms with E-state index in [4.69, 9.17) is 5.73 Å². The number of phenols is 1. The molecule has 0 bridgehead atoms. The highest BCUT2D eigenvalue weighted by Crippen LogP contribution is 2.18. The molecule has 0 fully saturated rings. The smallest absolute Gasteiger partial charge is 0.241 e. The molecule has 6 heteroatoms. The van der Waals surface area contributed by atoms with Crippen molar-refractivity contribution in [3.8, 4) is 5.75 Å². The van der Waals surface area contributed by atoms with Crippen LogP contribution < -0.4 is 11.1 Å². The van der Waals surface area contributed by atoms with Crippen molar-refractivity contribution >= 4 is 27.5 Å². The number of pyridine rings is 1. The molecule has 1 amide bonds.